The molecule has 3 aliphatic heterocycles. The number of rotatable bonds is 34. The number of amides is 1. The molecule has 9 aromatic heterocycles. The number of piperidine rings is 1. The maximum absolute atomic E-state index is 11.9. The number of carbonyl (C=O) groups excluding carboxylic acids is 1. The molecule has 0 radical (unpaired) electrons. The average Bonchev–Trinajstić information content (AvgIpc) is 1.01. The van der Waals surface area contributed by atoms with Gasteiger partial charge in [0.15, 0.2) is 0 Å². The van der Waals surface area contributed by atoms with Crippen molar-refractivity contribution in [1.82, 2.24) is 104 Å². The highest BCUT2D eigenvalue weighted by atomic mass is 35.5. The third-order valence-electron chi connectivity index (χ3n) is 26.6. The Hall–Kier alpha value is -15.7. The van der Waals surface area contributed by atoms with Crippen molar-refractivity contribution in [2.45, 2.75) is 71.0 Å². The lowest BCUT2D eigenvalue weighted by atomic mass is 9.94. The van der Waals surface area contributed by atoms with E-state index in [1.165, 1.54) is 12.8 Å². The normalized spacial score (nSPS) is 14.4. The first-order valence-corrected chi connectivity index (χ1v) is 49.2. The highest BCUT2D eigenvalue weighted by Gasteiger charge is 2.29. The summed E-state index contributed by atoms with van der Waals surface area (Å²) in [5.41, 5.74) is 22.2. The van der Waals surface area contributed by atoms with Crippen LogP contribution in [0.15, 0.2) is 238 Å². The van der Waals surface area contributed by atoms with Gasteiger partial charge in [-0.2, -0.15) is 20.4 Å². The quantitative estimate of drug-likeness (QED) is 0.0354. The molecule has 3 saturated heterocycles. The van der Waals surface area contributed by atoms with E-state index < -0.39 is 0 Å². The Morgan fingerprint density at radius 3 is 1.01 bits per heavy atom. The number of methoxy groups -OCH3 is 8. The average molecular weight is 1990 g/mol. The zero-order chi connectivity index (χ0) is 102. The molecule has 0 spiro atoms. The van der Waals surface area contributed by atoms with E-state index >= 15 is 0 Å². The van der Waals surface area contributed by atoms with E-state index in [1.807, 2.05) is 181 Å². The standard InChI is InChI=1S/C29H36N6O3.C29H36N6O2.C26H23ClN6O2.C26H29N7O3/c1-33-20-22(18-31-33)29-19-30-27-5-4-23(16-28(27)32-29)35(24-14-25(37-2)17-26(15-24)38-3)12-11-34-9-6-21(7-10-34)8-13-36;1-20-7-8-21(2)34(20)11-6-12-35(24-13-25(36-4)16-26(14-24)37-5)23-9-10-27-28(15-23)32-29(18-30-27)22-17-31-33(3)19-22;1-32-16-18(13-30-32)25-14-28-23-6-5-19(10-24(23)31-25)33(15-17-4-7-26(27)29-12-17)20-8-21(34-2)11-22(9-20)35-3;1-31-16-18(14-29-31)25-15-28-23-5-4-19(12-24(23)30-25)33(9-8-32-7-6-27-26(34)17-32)20-10-21(35-2)13-22(11-20)36-3/h4-5,14-21,36H,6-13H2,1-3H3;9-10,13-21H,6-8,11-12H2,1-5H3;4-14,16H,15H2,1-3H3;4-5,10-16H,6-9,17H2,1-3H3,(H,27,34)/t;20-,21+;;. The van der Waals surface area contributed by atoms with E-state index in [0.717, 1.165) is 235 Å². The molecule has 36 heteroatoms. The Kier molecular flexibility index (Phi) is 33.2. The van der Waals surface area contributed by atoms with Crippen LogP contribution in [0.4, 0.5) is 45.5 Å². The van der Waals surface area contributed by atoms with Gasteiger partial charge in [-0.15, -0.1) is 0 Å². The fourth-order valence-corrected chi connectivity index (χ4v) is 18.7. The number of nitrogens with one attached hydrogen (secondary N) is 1. The molecule has 8 aromatic carbocycles. The Balaban J connectivity index is 0.000000133. The number of hydrogen-bond donors (Lipinski definition) is 2. The Morgan fingerprint density at radius 2 is 0.699 bits per heavy atom. The number of aliphatic hydroxyl groups is 1. The fraction of sp³-hybridized carbons (Fsp3) is 0.327. The number of nitrogens with zero attached hydrogens (tertiary/aromatic N) is 24. The van der Waals surface area contributed by atoms with Crippen LogP contribution in [0, 0.1) is 5.92 Å². The molecule has 12 heterocycles. The van der Waals surface area contributed by atoms with Gasteiger partial charge in [-0.1, -0.05) is 17.7 Å². The molecule has 146 heavy (non-hydrogen) atoms. The van der Waals surface area contributed by atoms with Gasteiger partial charge in [0.1, 0.15) is 51.1 Å². The molecular weight excluding hydrogens is 1870 g/mol. The summed E-state index contributed by atoms with van der Waals surface area (Å²) in [6, 6.07) is 53.2. The lowest BCUT2D eigenvalue weighted by Crippen LogP contribution is -2.49. The van der Waals surface area contributed by atoms with E-state index in [-0.39, 0.29) is 12.5 Å². The van der Waals surface area contributed by atoms with Crippen LogP contribution in [0.25, 0.3) is 89.2 Å². The summed E-state index contributed by atoms with van der Waals surface area (Å²) >= 11 is 6.01. The third-order valence-corrected chi connectivity index (χ3v) is 26.9. The first-order chi connectivity index (χ1) is 71.0. The Labute approximate surface area is 854 Å². The fourth-order valence-electron chi connectivity index (χ4n) is 18.6. The van der Waals surface area contributed by atoms with Crippen LogP contribution in [0.3, 0.4) is 0 Å². The van der Waals surface area contributed by atoms with Crippen molar-refractivity contribution >= 4 is 107 Å². The highest BCUT2D eigenvalue weighted by Crippen LogP contribution is 2.42. The van der Waals surface area contributed by atoms with Crippen LogP contribution in [0.1, 0.15) is 57.9 Å². The monoisotopic (exact) mass is 1990 g/mol. The maximum Gasteiger partial charge on any atom is 0.234 e. The summed E-state index contributed by atoms with van der Waals surface area (Å²) in [7, 11) is 20.8. The lowest BCUT2D eigenvalue weighted by Gasteiger charge is -2.34. The number of ether oxygens (including phenoxy) is 8. The molecule has 0 bridgehead atoms. The van der Waals surface area contributed by atoms with Crippen molar-refractivity contribution in [3.05, 3.63) is 249 Å². The molecule has 17 aromatic rings. The number of carbonyl (C=O) groups is 1. The summed E-state index contributed by atoms with van der Waals surface area (Å²) < 4.78 is 51.5. The molecular formula is C110H124ClN25O10. The number of aromatic nitrogens is 17. The first kappa shape index (κ1) is 102. The number of benzene rings is 8. The summed E-state index contributed by atoms with van der Waals surface area (Å²) in [6.45, 7) is 14.5. The third kappa shape index (κ3) is 25.4. The van der Waals surface area contributed by atoms with Crippen LogP contribution in [-0.4, -0.2) is 257 Å². The van der Waals surface area contributed by atoms with Crippen molar-refractivity contribution in [1.29, 1.82) is 0 Å². The number of pyridine rings is 1. The number of fused-ring (bicyclic) bond motifs is 4. The van der Waals surface area contributed by atoms with Crippen molar-refractivity contribution in [2.75, 3.05) is 155 Å². The van der Waals surface area contributed by atoms with Crippen molar-refractivity contribution in [2.24, 2.45) is 34.1 Å². The molecule has 2 N–H and O–H groups in total. The molecule has 20 rings (SSSR count). The van der Waals surface area contributed by atoms with Gasteiger partial charge in [-0.05, 0) is 156 Å². The molecule has 35 nitrogen and oxygen atoms in total. The van der Waals surface area contributed by atoms with Gasteiger partial charge in [-0.25, -0.2) is 24.9 Å². The Morgan fingerprint density at radius 1 is 0.363 bits per heavy atom. The van der Waals surface area contributed by atoms with E-state index in [2.05, 4.69) is 135 Å². The number of aliphatic hydroxyl groups excluding tert-OH is 1. The SMILES string of the molecule is COc1cc(OC)cc(N(CCCN2[C@H](C)CC[C@@H]2C)c2ccc3ncc(-c4cnn(C)c4)nc3c2)c1.COc1cc(OC)cc(N(CCN2CCC(CCO)CC2)c2ccc3ncc(-c4cnn(C)c4)nc3c2)c1.COc1cc(OC)cc(N(CCN2CCNC(=O)C2)c2ccc3ncc(-c4cnn(C)c4)nc3c2)c1.COc1cc(OC)cc(N(Cc2ccc(Cl)nc2)c2ccc3ncc(-c4cnn(C)c4)nc3c2)c1. The number of likely N-dealkylation sites (tertiary alicyclic amines) is 2. The van der Waals surface area contributed by atoms with Crippen LogP contribution >= 0.6 is 11.6 Å². The molecule has 1 amide bonds. The second kappa shape index (κ2) is 47.7. The van der Waals surface area contributed by atoms with Crippen LogP contribution < -0.4 is 62.8 Å². The topological polar surface area (TPSA) is 333 Å². The van der Waals surface area contributed by atoms with Gasteiger partial charge in [0, 0.05) is 277 Å². The van der Waals surface area contributed by atoms with Gasteiger partial charge in [0.25, 0.3) is 0 Å². The molecule has 756 valence electrons. The number of halogens is 1. The van der Waals surface area contributed by atoms with Crippen LogP contribution in [0.5, 0.6) is 46.0 Å². The lowest BCUT2D eigenvalue weighted by molar-refractivity contribution is -0.124. The van der Waals surface area contributed by atoms with Crippen LogP contribution in [-0.2, 0) is 39.5 Å². The number of hydrogen-bond acceptors (Lipinski definition) is 30. The Bertz CT molecular complexity index is 7220. The predicted molar refractivity (Wildman–Crippen MR) is 571 cm³/mol. The minimum atomic E-state index is 0.0553. The van der Waals surface area contributed by atoms with E-state index in [0.29, 0.717) is 78.9 Å². The minimum Gasteiger partial charge on any atom is -0.497 e. The molecule has 3 fully saturated rings. The largest absolute Gasteiger partial charge is 0.497 e. The molecule has 0 aliphatic carbocycles. The maximum atomic E-state index is 11.9. The first-order valence-electron chi connectivity index (χ1n) is 48.8. The summed E-state index contributed by atoms with van der Waals surface area (Å²) in [5.74, 6) is 6.49. The zero-order valence-electron chi connectivity index (χ0n) is 84.9. The van der Waals surface area contributed by atoms with E-state index in [4.69, 9.17) is 69.4 Å². The predicted octanol–water partition coefficient (Wildman–Crippen LogP) is 17.8. The summed E-state index contributed by atoms with van der Waals surface area (Å²) in [5, 5.41) is 29.7. The van der Waals surface area contributed by atoms with Crippen molar-refractivity contribution < 1.29 is 47.8 Å². The van der Waals surface area contributed by atoms with E-state index in [9.17, 15) is 9.90 Å². The summed E-state index contributed by atoms with van der Waals surface area (Å²) in [6.07, 6.45) is 30.6. The zero-order valence-corrected chi connectivity index (χ0v) is 85.7. The van der Waals surface area contributed by atoms with Gasteiger partial charge in [0.2, 0.25) is 5.91 Å². The second-order valence-electron chi connectivity index (χ2n) is 36.4. The number of anilines is 8. The minimum absolute atomic E-state index is 0.0553. The molecule has 2 atom stereocenters. The second-order valence-corrected chi connectivity index (χ2v) is 36.8. The number of aryl methyl sites for hydroxylation is 4. The van der Waals surface area contributed by atoms with Gasteiger partial charge in [0.05, 0.1) is 180 Å². The molecule has 0 unspecified atom stereocenters. The molecule has 0 saturated carbocycles. The highest BCUT2D eigenvalue weighted by molar-refractivity contribution is 6.29. The van der Waals surface area contributed by atoms with Gasteiger partial charge >= 0.3 is 0 Å². The van der Waals surface area contributed by atoms with Crippen LogP contribution in [0.2, 0.25) is 5.15 Å². The van der Waals surface area contributed by atoms with Gasteiger partial charge in [-0.3, -0.25) is 53.3 Å². The smallest absolute Gasteiger partial charge is 0.234 e. The number of piperazine rings is 1. The van der Waals surface area contributed by atoms with Gasteiger partial charge < -0.3 is 72.8 Å². The van der Waals surface area contributed by atoms with Crippen molar-refractivity contribution in [3.8, 4) is 91.0 Å². The van der Waals surface area contributed by atoms with E-state index in [1.54, 1.807) is 125 Å². The van der Waals surface area contributed by atoms with Crippen molar-refractivity contribution in [3.63, 3.8) is 0 Å². The summed E-state index contributed by atoms with van der Waals surface area (Å²) in [4.78, 5) is 70.5. The molecule has 3 aliphatic rings.